The van der Waals surface area contributed by atoms with Crippen LogP contribution in [0, 0.1) is 20.8 Å². The van der Waals surface area contributed by atoms with Crippen LogP contribution in [-0.2, 0) is 0 Å². The zero-order valence-electron chi connectivity index (χ0n) is 16.2. The van der Waals surface area contributed by atoms with Crippen LogP contribution in [-0.4, -0.2) is 4.57 Å². The van der Waals surface area contributed by atoms with E-state index in [2.05, 4.69) is 54.2 Å². The van der Waals surface area contributed by atoms with Crippen molar-refractivity contribution in [2.24, 2.45) is 0 Å². The standard InChI is InChI=1S/C23H33N2/c1-17-11-7-10-16-22(17)24-18(2)23(20-12-5-4-6-13-20)25(19(24)3)21-14-8-9-15-21/h7,10-11,16,20-21H,4-6,8-9,12-15H2,1-3H3/q+1. The molecular formula is C23H33N2+. The molecule has 2 heteroatoms. The van der Waals surface area contributed by atoms with Crippen LogP contribution in [0.25, 0.3) is 5.69 Å². The molecule has 0 saturated heterocycles. The van der Waals surface area contributed by atoms with Crippen LogP contribution in [0.2, 0.25) is 0 Å². The molecule has 0 radical (unpaired) electrons. The van der Waals surface area contributed by atoms with Crippen LogP contribution in [0.3, 0.4) is 0 Å². The molecule has 2 saturated carbocycles. The summed E-state index contributed by atoms with van der Waals surface area (Å²) in [6.07, 6.45) is 12.5. The number of nitrogens with zero attached hydrogens (tertiary/aromatic N) is 2. The molecule has 0 N–H and O–H groups in total. The third-order valence-corrected chi connectivity index (χ3v) is 6.68. The first-order chi connectivity index (χ1) is 12.2. The molecule has 134 valence electrons. The van der Waals surface area contributed by atoms with Crippen LogP contribution in [0.5, 0.6) is 0 Å². The molecule has 0 amide bonds. The maximum atomic E-state index is 2.77. The predicted octanol–water partition coefficient (Wildman–Crippen LogP) is 5.85. The van der Waals surface area contributed by atoms with Crippen molar-refractivity contribution in [1.82, 2.24) is 4.57 Å². The Morgan fingerprint density at radius 1 is 0.840 bits per heavy atom. The fourth-order valence-corrected chi connectivity index (χ4v) is 5.47. The average molecular weight is 338 g/mol. The molecule has 4 rings (SSSR count). The fourth-order valence-electron chi connectivity index (χ4n) is 5.47. The lowest BCUT2D eigenvalue weighted by Gasteiger charge is -2.22. The summed E-state index contributed by atoms with van der Waals surface area (Å²) in [5, 5.41) is 0. The van der Waals surface area contributed by atoms with Gasteiger partial charge in [0.2, 0.25) is 0 Å². The SMILES string of the molecule is Cc1ccccc1-n1c(C)c(C2CCCCC2)[n+](C2CCCC2)c1C. The highest BCUT2D eigenvalue weighted by molar-refractivity contribution is 5.43. The van der Waals surface area contributed by atoms with E-state index in [1.165, 1.54) is 80.6 Å². The molecule has 1 heterocycles. The second kappa shape index (κ2) is 6.97. The van der Waals surface area contributed by atoms with E-state index in [-0.39, 0.29) is 0 Å². The lowest BCUT2D eigenvalue weighted by atomic mass is 9.86. The van der Waals surface area contributed by atoms with E-state index in [0.717, 1.165) is 12.0 Å². The monoisotopic (exact) mass is 337 g/mol. The van der Waals surface area contributed by atoms with Crippen LogP contribution in [0.4, 0.5) is 0 Å². The first-order valence-corrected chi connectivity index (χ1v) is 10.4. The highest BCUT2D eigenvalue weighted by Gasteiger charge is 2.37. The van der Waals surface area contributed by atoms with Gasteiger partial charge in [-0.2, -0.15) is 4.57 Å². The average Bonchev–Trinajstić information content (AvgIpc) is 3.23. The summed E-state index contributed by atoms with van der Waals surface area (Å²) in [6.45, 7) is 6.97. The largest absolute Gasteiger partial charge is 0.259 e. The highest BCUT2D eigenvalue weighted by Crippen LogP contribution is 2.37. The number of aryl methyl sites for hydroxylation is 1. The summed E-state index contributed by atoms with van der Waals surface area (Å²) >= 11 is 0. The van der Waals surface area contributed by atoms with Crippen molar-refractivity contribution >= 4 is 0 Å². The Kier molecular flexibility index (Phi) is 4.71. The zero-order chi connectivity index (χ0) is 17.4. The van der Waals surface area contributed by atoms with Gasteiger partial charge in [-0.3, -0.25) is 0 Å². The molecule has 2 fully saturated rings. The summed E-state index contributed by atoms with van der Waals surface area (Å²) in [4.78, 5) is 0. The van der Waals surface area contributed by atoms with Gasteiger partial charge in [-0.05, 0) is 57.1 Å². The van der Waals surface area contributed by atoms with Crippen LogP contribution in [0.1, 0.15) is 92.5 Å². The second-order valence-corrected chi connectivity index (χ2v) is 8.28. The molecular weight excluding hydrogens is 304 g/mol. The van der Waals surface area contributed by atoms with Crippen molar-refractivity contribution in [2.75, 3.05) is 0 Å². The Morgan fingerprint density at radius 2 is 1.48 bits per heavy atom. The second-order valence-electron chi connectivity index (χ2n) is 8.28. The lowest BCUT2D eigenvalue weighted by Crippen LogP contribution is -2.44. The Labute approximate surface area is 152 Å². The van der Waals surface area contributed by atoms with Gasteiger partial charge in [0.15, 0.2) is 0 Å². The van der Waals surface area contributed by atoms with Crippen LogP contribution in [0.15, 0.2) is 24.3 Å². The Balaban J connectivity index is 1.89. The van der Waals surface area contributed by atoms with Gasteiger partial charge >= 0.3 is 0 Å². The van der Waals surface area contributed by atoms with E-state index < -0.39 is 0 Å². The van der Waals surface area contributed by atoms with E-state index in [1.54, 1.807) is 5.69 Å². The summed E-state index contributed by atoms with van der Waals surface area (Å²) < 4.78 is 5.32. The third-order valence-electron chi connectivity index (χ3n) is 6.68. The van der Waals surface area contributed by atoms with Crippen molar-refractivity contribution < 1.29 is 4.57 Å². The van der Waals surface area contributed by atoms with Crippen molar-refractivity contribution in [3.8, 4) is 5.69 Å². The minimum Gasteiger partial charge on any atom is -0.228 e. The summed E-state index contributed by atoms with van der Waals surface area (Å²) in [5.41, 5.74) is 5.89. The Morgan fingerprint density at radius 3 is 2.16 bits per heavy atom. The van der Waals surface area contributed by atoms with Crippen LogP contribution < -0.4 is 4.57 Å². The van der Waals surface area contributed by atoms with Gasteiger partial charge in [0.25, 0.3) is 5.82 Å². The molecule has 2 aromatic rings. The minimum atomic E-state index is 0.723. The number of para-hydroxylation sites is 1. The van der Waals surface area contributed by atoms with E-state index >= 15 is 0 Å². The fraction of sp³-hybridized carbons (Fsp3) is 0.609. The van der Waals surface area contributed by atoms with Crippen molar-refractivity contribution in [2.45, 2.75) is 90.5 Å². The predicted molar refractivity (Wildman–Crippen MR) is 104 cm³/mol. The van der Waals surface area contributed by atoms with Gasteiger partial charge in [0.05, 0.1) is 0 Å². The van der Waals surface area contributed by atoms with E-state index in [4.69, 9.17) is 0 Å². The van der Waals surface area contributed by atoms with Crippen molar-refractivity contribution in [3.05, 3.63) is 47.0 Å². The Hall–Kier alpha value is -1.57. The van der Waals surface area contributed by atoms with Crippen molar-refractivity contribution in [1.29, 1.82) is 0 Å². The normalized spacial score (nSPS) is 19.6. The maximum absolute atomic E-state index is 2.77. The number of hydrogen-bond donors (Lipinski definition) is 0. The van der Waals surface area contributed by atoms with Crippen molar-refractivity contribution in [3.63, 3.8) is 0 Å². The molecule has 1 aromatic carbocycles. The summed E-state index contributed by atoms with van der Waals surface area (Å²) in [6, 6.07) is 9.59. The minimum absolute atomic E-state index is 0.723. The molecule has 2 nitrogen and oxygen atoms in total. The molecule has 0 unspecified atom stereocenters. The van der Waals surface area contributed by atoms with Gasteiger partial charge in [0, 0.05) is 19.8 Å². The highest BCUT2D eigenvalue weighted by atomic mass is 15.2. The first kappa shape index (κ1) is 16.9. The van der Waals surface area contributed by atoms with Gasteiger partial charge in [0.1, 0.15) is 23.1 Å². The van der Waals surface area contributed by atoms with E-state index in [1.807, 2.05) is 0 Å². The van der Waals surface area contributed by atoms with Gasteiger partial charge in [-0.1, -0.05) is 37.5 Å². The lowest BCUT2D eigenvalue weighted by molar-refractivity contribution is -0.734. The smallest absolute Gasteiger partial charge is 0.228 e. The molecule has 0 aliphatic heterocycles. The van der Waals surface area contributed by atoms with E-state index in [0.29, 0.717) is 0 Å². The zero-order valence-corrected chi connectivity index (χ0v) is 16.2. The number of imidazole rings is 1. The molecule has 0 atom stereocenters. The van der Waals surface area contributed by atoms with Gasteiger partial charge in [-0.25, -0.2) is 4.57 Å². The number of rotatable bonds is 3. The quantitative estimate of drug-likeness (QED) is 0.621. The molecule has 25 heavy (non-hydrogen) atoms. The number of hydrogen-bond acceptors (Lipinski definition) is 0. The van der Waals surface area contributed by atoms with Gasteiger partial charge < -0.3 is 0 Å². The molecule has 2 aliphatic rings. The maximum Gasteiger partial charge on any atom is 0.259 e. The van der Waals surface area contributed by atoms with Gasteiger partial charge in [-0.15, -0.1) is 0 Å². The molecule has 0 spiro atoms. The molecule has 2 aliphatic carbocycles. The Bertz CT molecular complexity index is 744. The number of aromatic nitrogens is 2. The summed E-state index contributed by atoms with van der Waals surface area (Å²) in [7, 11) is 0. The molecule has 1 aromatic heterocycles. The third kappa shape index (κ3) is 2.94. The van der Waals surface area contributed by atoms with Crippen LogP contribution >= 0.6 is 0 Å². The first-order valence-electron chi connectivity index (χ1n) is 10.4. The number of benzene rings is 1. The van der Waals surface area contributed by atoms with E-state index in [9.17, 15) is 0 Å². The topological polar surface area (TPSA) is 8.81 Å². The molecule has 0 bridgehead atoms. The summed E-state index contributed by atoms with van der Waals surface area (Å²) in [5.74, 6) is 2.21.